The fourth-order valence-corrected chi connectivity index (χ4v) is 2.90. The average molecular weight is 323 g/mol. The van der Waals surface area contributed by atoms with Gasteiger partial charge in [-0.2, -0.15) is 0 Å². The Morgan fingerprint density at radius 1 is 1.12 bits per heavy atom. The Morgan fingerprint density at radius 3 is 2.50 bits per heavy atom. The van der Waals surface area contributed by atoms with Crippen molar-refractivity contribution in [1.29, 1.82) is 0 Å². The van der Waals surface area contributed by atoms with E-state index in [9.17, 15) is 5.11 Å². The summed E-state index contributed by atoms with van der Waals surface area (Å²) in [6.45, 7) is 7.01. The molecule has 2 aromatic rings. The Morgan fingerprint density at radius 2 is 1.83 bits per heavy atom. The standard InChI is InChI=1S/C21H25NO2/c1-14(2)19-13-24-21(22-19)18-7-5-4-6-17(18)12-20(23)16-10-8-15(3)9-11-16/h4-11,14,19-20,23H,12-13H2,1-3H3/t19-,20+/m1/s1. The summed E-state index contributed by atoms with van der Waals surface area (Å²) >= 11 is 0. The number of hydrogen-bond donors (Lipinski definition) is 1. The summed E-state index contributed by atoms with van der Waals surface area (Å²) in [5.41, 5.74) is 4.19. The fraction of sp³-hybridized carbons (Fsp3) is 0.381. The molecule has 0 amide bonds. The van der Waals surface area contributed by atoms with E-state index < -0.39 is 6.10 Å². The van der Waals surface area contributed by atoms with E-state index in [2.05, 4.69) is 13.8 Å². The van der Waals surface area contributed by atoms with Crippen LogP contribution in [0, 0.1) is 12.8 Å². The summed E-state index contributed by atoms with van der Waals surface area (Å²) in [4.78, 5) is 4.72. The molecule has 126 valence electrons. The molecule has 0 spiro atoms. The molecule has 24 heavy (non-hydrogen) atoms. The summed E-state index contributed by atoms with van der Waals surface area (Å²) in [5.74, 6) is 1.17. The van der Waals surface area contributed by atoms with Gasteiger partial charge in [-0.3, -0.25) is 0 Å². The van der Waals surface area contributed by atoms with Gasteiger partial charge in [0.2, 0.25) is 5.90 Å². The first-order valence-electron chi connectivity index (χ1n) is 8.58. The SMILES string of the molecule is Cc1ccc([C@@H](O)Cc2ccccc2C2=N[C@@H](C(C)C)CO2)cc1. The zero-order valence-corrected chi connectivity index (χ0v) is 14.6. The molecule has 0 bridgehead atoms. The number of benzene rings is 2. The minimum Gasteiger partial charge on any atom is -0.475 e. The van der Waals surface area contributed by atoms with Crippen LogP contribution in [0.4, 0.5) is 0 Å². The van der Waals surface area contributed by atoms with Gasteiger partial charge in [0.25, 0.3) is 0 Å². The fourth-order valence-electron chi connectivity index (χ4n) is 2.90. The largest absolute Gasteiger partial charge is 0.475 e. The maximum Gasteiger partial charge on any atom is 0.216 e. The van der Waals surface area contributed by atoms with Crippen molar-refractivity contribution in [2.45, 2.75) is 39.3 Å². The van der Waals surface area contributed by atoms with Crippen molar-refractivity contribution >= 4 is 5.90 Å². The lowest BCUT2D eigenvalue weighted by Crippen LogP contribution is -2.13. The zero-order valence-electron chi connectivity index (χ0n) is 14.6. The van der Waals surface area contributed by atoms with Crippen LogP contribution in [0.25, 0.3) is 0 Å². The van der Waals surface area contributed by atoms with Crippen LogP contribution in [0.2, 0.25) is 0 Å². The number of aliphatic hydroxyl groups excluding tert-OH is 1. The van der Waals surface area contributed by atoms with Gasteiger partial charge in [0.1, 0.15) is 6.61 Å². The predicted molar refractivity (Wildman–Crippen MR) is 97.4 cm³/mol. The van der Waals surface area contributed by atoms with Crippen LogP contribution in [-0.2, 0) is 11.2 Å². The third-order valence-corrected chi connectivity index (χ3v) is 4.57. The van der Waals surface area contributed by atoms with Crippen LogP contribution in [0.15, 0.2) is 53.5 Å². The smallest absolute Gasteiger partial charge is 0.216 e. The minimum atomic E-state index is -0.533. The first kappa shape index (κ1) is 16.7. The average Bonchev–Trinajstić information content (AvgIpc) is 3.06. The molecule has 0 aromatic heterocycles. The van der Waals surface area contributed by atoms with Gasteiger partial charge in [-0.25, -0.2) is 4.99 Å². The van der Waals surface area contributed by atoms with Gasteiger partial charge in [-0.1, -0.05) is 61.9 Å². The molecule has 0 unspecified atom stereocenters. The molecule has 0 fully saturated rings. The van der Waals surface area contributed by atoms with E-state index in [-0.39, 0.29) is 6.04 Å². The van der Waals surface area contributed by atoms with E-state index in [1.807, 2.05) is 55.5 Å². The summed E-state index contributed by atoms with van der Waals surface area (Å²) in [6.07, 6.45) is 0.0168. The zero-order chi connectivity index (χ0) is 17.1. The Labute approximate surface area is 144 Å². The number of hydrogen-bond acceptors (Lipinski definition) is 3. The molecule has 1 aliphatic rings. The summed E-state index contributed by atoms with van der Waals surface area (Å²) in [7, 11) is 0. The number of aliphatic imine (C=N–C) groups is 1. The van der Waals surface area contributed by atoms with E-state index in [1.54, 1.807) is 0 Å². The van der Waals surface area contributed by atoms with Gasteiger partial charge in [0.05, 0.1) is 12.1 Å². The number of rotatable bonds is 5. The highest BCUT2D eigenvalue weighted by Gasteiger charge is 2.24. The van der Waals surface area contributed by atoms with E-state index in [4.69, 9.17) is 9.73 Å². The Hall–Kier alpha value is -2.13. The van der Waals surface area contributed by atoms with Crippen molar-refractivity contribution in [2.75, 3.05) is 6.61 Å². The lowest BCUT2D eigenvalue weighted by Gasteiger charge is -2.14. The van der Waals surface area contributed by atoms with Gasteiger partial charge < -0.3 is 9.84 Å². The van der Waals surface area contributed by atoms with Crippen molar-refractivity contribution < 1.29 is 9.84 Å². The molecular weight excluding hydrogens is 298 g/mol. The van der Waals surface area contributed by atoms with Crippen molar-refractivity contribution in [3.8, 4) is 0 Å². The maximum absolute atomic E-state index is 10.6. The molecule has 3 rings (SSSR count). The van der Waals surface area contributed by atoms with Crippen LogP contribution >= 0.6 is 0 Å². The van der Waals surface area contributed by atoms with Gasteiger partial charge in [0, 0.05) is 12.0 Å². The minimum absolute atomic E-state index is 0.218. The molecule has 3 heteroatoms. The van der Waals surface area contributed by atoms with Gasteiger partial charge in [-0.15, -0.1) is 0 Å². The first-order valence-corrected chi connectivity index (χ1v) is 8.58. The lowest BCUT2D eigenvalue weighted by molar-refractivity contribution is 0.178. The summed E-state index contributed by atoms with van der Waals surface area (Å²) in [5, 5.41) is 10.6. The number of ether oxygens (including phenoxy) is 1. The number of nitrogens with zero attached hydrogens (tertiary/aromatic N) is 1. The molecule has 0 aliphatic carbocycles. The summed E-state index contributed by atoms with van der Waals surface area (Å²) in [6, 6.07) is 16.3. The lowest BCUT2D eigenvalue weighted by atomic mass is 9.97. The Bertz CT molecular complexity index is 719. The van der Waals surface area contributed by atoms with Crippen molar-refractivity contribution in [3.63, 3.8) is 0 Å². The third kappa shape index (κ3) is 3.68. The topological polar surface area (TPSA) is 41.8 Å². The van der Waals surface area contributed by atoms with Crippen LogP contribution in [-0.4, -0.2) is 23.7 Å². The van der Waals surface area contributed by atoms with Crippen molar-refractivity contribution in [1.82, 2.24) is 0 Å². The quantitative estimate of drug-likeness (QED) is 0.901. The highest BCUT2D eigenvalue weighted by molar-refractivity contribution is 5.96. The molecule has 0 saturated heterocycles. The van der Waals surface area contributed by atoms with Gasteiger partial charge in [-0.05, 0) is 30.0 Å². The van der Waals surface area contributed by atoms with Crippen LogP contribution in [0.5, 0.6) is 0 Å². The molecule has 0 saturated carbocycles. The molecule has 2 aromatic carbocycles. The number of aryl methyl sites for hydroxylation is 1. The molecule has 3 nitrogen and oxygen atoms in total. The van der Waals surface area contributed by atoms with Gasteiger partial charge >= 0.3 is 0 Å². The van der Waals surface area contributed by atoms with E-state index in [1.165, 1.54) is 5.56 Å². The first-order chi connectivity index (χ1) is 11.5. The van der Waals surface area contributed by atoms with E-state index >= 15 is 0 Å². The molecule has 1 aliphatic heterocycles. The van der Waals surface area contributed by atoms with Crippen LogP contribution in [0.3, 0.4) is 0 Å². The molecule has 2 atom stereocenters. The normalized spacial score (nSPS) is 18.4. The van der Waals surface area contributed by atoms with E-state index in [0.29, 0.717) is 24.8 Å². The monoisotopic (exact) mass is 323 g/mol. The molecule has 1 heterocycles. The predicted octanol–water partition coefficient (Wildman–Crippen LogP) is 4.07. The second-order valence-corrected chi connectivity index (χ2v) is 6.84. The van der Waals surface area contributed by atoms with Crippen LogP contribution < -0.4 is 0 Å². The Kier molecular flexibility index (Phi) is 5.00. The van der Waals surface area contributed by atoms with Crippen molar-refractivity contribution in [3.05, 3.63) is 70.8 Å². The van der Waals surface area contributed by atoms with Crippen LogP contribution in [0.1, 0.15) is 42.2 Å². The van der Waals surface area contributed by atoms with Crippen molar-refractivity contribution in [2.24, 2.45) is 10.9 Å². The maximum atomic E-state index is 10.6. The molecule has 0 radical (unpaired) electrons. The summed E-state index contributed by atoms with van der Waals surface area (Å²) < 4.78 is 5.82. The third-order valence-electron chi connectivity index (χ3n) is 4.57. The molecule has 1 N–H and O–H groups in total. The highest BCUT2D eigenvalue weighted by Crippen LogP contribution is 2.24. The number of aliphatic hydroxyl groups is 1. The Balaban J connectivity index is 1.82. The van der Waals surface area contributed by atoms with Gasteiger partial charge in [0.15, 0.2) is 0 Å². The second kappa shape index (κ2) is 7.18. The highest BCUT2D eigenvalue weighted by atomic mass is 16.5. The second-order valence-electron chi connectivity index (χ2n) is 6.84. The van der Waals surface area contributed by atoms with E-state index in [0.717, 1.165) is 16.7 Å². The molecular formula is C21H25NO2.